The molecule has 0 aliphatic heterocycles. The molecule has 0 rings (SSSR count). The fourth-order valence-corrected chi connectivity index (χ4v) is 0.799. The van der Waals surface area contributed by atoms with E-state index in [0.717, 1.165) is 19.6 Å². The van der Waals surface area contributed by atoms with Crippen molar-refractivity contribution in [1.29, 1.82) is 0 Å². The maximum absolute atomic E-state index is 10.7. The van der Waals surface area contributed by atoms with Gasteiger partial charge < -0.3 is 15.0 Å². The Morgan fingerprint density at radius 2 is 2.17 bits per heavy atom. The zero-order chi connectivity index (χ0) is 9.40. The van der Waals surface area contributed by atoms with E-state index in [1.807, 2.05) is 14.1 Å². The quantitative estimate of drug-likeness (QED) is 0.561. The molecule has 0 radical (unpaired) electrons. The lowest BCUT2D eigenvalue weighted by Crippen LogP contribution is -2.29. The topological polar surface area (TPSA) is 41.6 Å². The Kier molecular flexibility index (Phi) is 6.70. The van der Waals surface area contributed by atoms with E-state index in [2.05, 4.69) is 15.0 Å². The van der Waals surface area contributed by atoms with Crippen LogP contribution in [-0.2, 0) is 9.53 Å². The largest absolute Gasteiger partial charge is 0.469 e. The SMILES string of the molecule is CNCCN(C)CCC(=O)OC. The second-order valence-electron chi connectivity index (χ2n) is 2.73. The average Bonchev–Trinajstić information content (AvgIpc) is 2.10. The van der Waals surface area contributed by atoms with Crippen LogP contribution in [0.25, 0.3) is 0 Å². The summed E-state index contributed by atoms with van der Waals surface area (Å²) in [5.74, 6) is -0.147. The van der Waals surface area contributed by atoms with Crippen molar-refractivity contribution in [1.82, 2.24) is 10.2 Å². The first-order valence-electron chi connectivity index (χ1n) is 4.10. The van der Waals surface area contributed by atoms with Gasteiger partial charge in [0.05, 0.1) is 13.5 Å². The van der Waals surface area contributed by atoms with Crippen molar-refractivity contribution in [3.63, 3.8) is 0 Å². The number of esters is 1. The van der Waals surface area contributed by atoms with Crippen LogP contribution in [0.3, 0.4) is 0 Å². The number of nitrogens with zero attached hydrogens (tertiary/aromatic N) is 1. The van der Waals surface area contributed by atoms with Gasteiger partial charge in [-0.05, 0) is 14.1 Å². The highest BCUT2D eigenvalue weighted by molar-refractivity contribution is 5.69. The summed E-state index contributed by atoms with van der Waals surface area (Å²) in [7, 11) is 5.31. The van der Waals surface area contributed by atoms with E-state index in [1.54, 1.807) is 0 Å². The maximum Gasteiger partial charge on any atom is 0.306 e. The molecule has 0 aliphatic rings. The van der Waals surface area contributed by atoms with Crippen LogP contribution in [0.2, 0.25) is 0 Å². The van der Waals surface area contributed by atoms with Crippen LogP contribution in [0.4, 0.5) is 0 Å². The lowest BCUT2D eigenvalue weighted by Gasteiger charge is -2.14. The van der Waals surface area contributed by atoms with E-state index < -0.39 is 0 Å². The highest BCUT2D eigenvalue weighted by Crippen LogP contribution is 1.88. The molecule has 0 saturated carbocycles. The van der Waals surface area contributed by atoms with Gasteiger partial charge in [0.25, 0.3) is 0 Å². The molecule has 0 bridgehead atoms. The number of carbonyl (C=O) groups is 1. The summed E-state index contributed by atoms with van der Waals surface area (Å²) in [6.45, 7) is 2.65. The third kappa shape index (κ3) is 6.12. The molecule has 0 saturated heterocycles. The Labute approximate surface area is 73.9 Å². The highest BCUT2D eigenvalue weighted by atomic mass is 16.5. The summed E-state index contributed by atoms with van der Waals surface area (Å²) >= 11 is 0. The minimum atomic E-state index is -0.147. The standard InChI is InChI=1S/C8H18N2O2/c1-9-5-7-10(2)6-4-8(11)12-3/h9H,4-7H2,1-3H3. The van der Waals surface area contributed by atoms with E-state index in [9.17, 15) is 4.79 Å². The normalized spacial score (nSPS) is 10.3. The van der Waals surface area contributed by atoms with Crippen LogP contribution in [0.1, 0.15) is 6.42 Å². The third-order valence-corrected chi connectivity index (χ3v) is 1.67. The average molecular weight is 174 g/mol. The number of ether oxygens (including phenoxy) is 1. The van der Waals surface area contributed by atoms with Crippen molar-refractivity contribution < 1.29 is 9.53 Å². The molecular formula is C8H18N2O2. The molecule has 1 N–H and O–H groups in total. The summed E-state index contributed by atoms with van der Waals surface area (Å²) in [6, 6.07) is 0. The lowest BCUT2D eigenvalue weighted by molar-refractivity contribution is -0.140. The lowest BCUT2D eigenvalue weighted by atomic mass is 10.4. The number of hydrogen-bond acceptors (Lipinski definition) is 4. The molecule has 0 unspecified atom stereocenters. The van der Waals surface area contributed by atoms with E-state index in [1.165, 1.54) is 7.11 Å². The van der Waals surface area contributed by atoms with Crippen LogP contribution in [-0.4, -0.2) is 51.7 Å². The Morgan fingerprint density at radius 3 is 2.67 bits per heavy atom. The number of nitrogens with one attached hydrogen (secondary N) is 1. The molecule has 0 aliphatic carbocycles. The first kappa shape index (κ1) is 11.4. The molecule has 0 amide bonds. The molecule has 4 heteroatoms. The zero-order valence-corrected chi connectivity index (χ0v) is 8.09. The smallest absolute Gasteiger partial charge is 0.306 e. The van der Waals surface area contributed by atoms with Crippen molar-refractivity contribution in [2.75, 3.05) is 40.8 Å². The van der Waals surface area contributed by atoms with Gasteiger partial charge in [0.15, 0.2) is 0 Å². The number of likely N-dealkylation sites (N-methyl/N-ethyl adjacent to an activating group) is 2. The second kappa shape index (κ2) is 7.06. The third-order valence-electron chi connectivity index (χ3n) is 1.67. The summed E-state index contributed by atoms with van der Waals surface area (Å²) in [4.78, 5) is 12.8. The van der Waals surface area contributed by atoms with Crippen molar-refractivity contribution in [3.8, 4) is 0 Å². The molecule has 12 heavy (non-hydrogen) atoms. The molecule has 0 heterocycles. The molecule has 0 aromatic rings. The van der Waals surface area contributed by atoms with E-state index in [-0.39, 0.29) is 5.97 Å². The summed E-state index contributed by atoms with van der Waals surface area (Å²) in [6.07, 6.45) is 0.469. The van der Waals surface area contributed by atoms with E-state index in [0.29, 0.717) is 6.42 Å². The Hall–Kier alpha value is -0.610. The summed E-state index contributed by atoms with van der Waals surface area (Å²) < 4.78 is 4.52. The zero-order valence-electron chi connectivity index (χ0n) is 8.09. The maximum atomic E-state index is 10.7. The first-order valence-corrected chi connectivity index (χ1v) is 4.10. The fraction of sp³-hybridized carbons (Fsp3) is 0.875. The number of rotatable bonds is 6. The van der Waals surface area contributed by atoms with Gasteiger partial charge in [0.2, 0.25) is 0 Å². The summed E-state index contributed by atoms with van der Waals surface area (Å²) in [5, 5.41) is 3.04. The number of hydrogen-bond donors (Lipinski definition) is 1. The predicted molar refractivity (Wildman–Crippen MR) is 48.1 cm³/mol. The molecule has 0 aromatic carbocycles. The van der Waals surface area contributed by atoms with Gasteiger partial charge in [-0.1, -0.05) is 0 Å². The minimum absolute atomic E-state index is 0.147. The first-order chi connectivity index (χ1) is 5.70. The monoisotopic (exact) mass is 174 g/mol. The van der Waals surface area contributed by atoms with Gasteiger partial charge in [-0.3, -0.25) is 4.79 Å². The van der Waals surface area contributed by atoms with Crippen molar-refractivity contribution in [2.24, 2.45) is 0 Å². The van der Waals surface area contributed by atoms with Crippen LogP contribution in [0, 0.1) is 0 Å². The molecular weight excluding hydrogens is 156 g/mol. The van der Waals surface area contributed by atoms with Crippen molar-refractivity contribution in [3.05, 3.63) is 0 Å². The predicted octanol–water partition coefficient (Wildman–Crippen LogP) is -0.299. The molecule has 0 atom stereocenters. The van der Waals surface area contributed by atoms with Gasteiger partial charge in [-0.25, -0.2) is 0 Å². The molecule has 72 valence electrons. The number of methoxy groups -OCH3 is 1. The van der Waals surface area contributed by atoms with E-state index in [4.69, 9.17) is 0 Å². The van der Waals surface area contributed by atoms with Gasteiger partial charge in [0, 0.05) is 19.6 Å². The number of carbonyl (C=O) groups excluding carboxylic acids is 1. The van der Waals surface area contributed by atoms with Crippen LogP contribution in [0.15, 0.2) is 0 Å². The van der Waals surface area contributed by atoms with Crippen LogP contribution >= 0.6 is 0 Å². The summed E-state index contributed by atoms with van der Waals surface area (Å²) in [5.41, 5.74) is 0. The Bertz CT molecular complexity index is 128. The van der Waals surface area contributed by atoms with Crippen LogP contribution < -0.4 is 5.32 Å². The molecule has 0 fully saturated rings. The fourth-order valence-electron chi connectivity index (χ4n) is 0.799. The minimum Gasteiger partial charge on any atom is -0.469 e. The second-order valence-corrected chi connectivity index (χ2v) is 2.73. The van der Waals surface area contributed by atoms with Gasteiger partial charge in [0.1, 0.15) is 0 Å². The van der Waals surface area contributed by atoms with Crippen molar-refractivity contribution in [2.45, 2.75) is 6.42 Å². The Balaban J connectivity index is 3.30. The molecule has 0 spiro atoms. The Morgan fingerprint density at radius 1 is 1.50 bits per heavy atom. The highest BCUT2D eigenvalue weighted by Gasteiger charge is 2.02. The van der Waals surface area contributed by atoms with Crippen molar-refractivity contribution >= 4 is 5.97 Å². The molecule has 0 aromatic heterocycles. The van der Waals surface area contributed by atoms with E-state index >= 15 is 0 Å². The van der Waals surface area contributed by atoms with Crippen LogP contribution in [0.5, 0.6) is 0 Å². The van der Waals surface area contributed by atoms with Gasteiger partial charge >= 0.3 is 5.97 Å². The molecule has 4 nitrogen and oxygen atoms in total. The van der Waals surface area contributed by atoms with Gasteiger partial charge in [-0.15, -0.1) is 0 Å². The van der Waals surface area contributed by atoms with Gasteiger partial charge in [-0.2, -0.15) is 0 Å².